The molecule has 0 spiro atoms. The molecule has 0 saturated carbocycles. The summed E-state index contributed by atoms with van der Waals surface area (Å²) in [6.45, 7) is 18.3. The molecule has 2 nitrogen and oxygen atoms in total. The van der Waals surface area contributed by atoms with Crippen molar-refractivity contribution in [3.05, 3.63) is 173 Å². The number of rotatable bonds is 4. The molecule has 7 rings (SSSR count). The van der Waals surface area contributed by atoms with Gasteiger partial charge in [-0.25, -0.2) is 0 Å². The Hall–Kier alpha value is -4.95. The van der Waals surface area contributed by atoms with Crippen LogP contribution in [-0.2, 0) is 16.2 Å². The monoisotopic (exact) mass is 598 g/mol. The van der Waals surface area contributed by atoms with Gasteiger partial charge in [-0.15, -0.1) is 6.08 Å². The Morgan fingerprint density at radius 1 is 0.630 bits per heavy atom. The van der Waals surface area contributed by atoms with Crippen LogP contribution in [0.25, 0.3) is 28.1 Å². The summed E-state index contributed by atoms with van der Waals surface area (Å²) in [5, 5.41) is 0. The van der Waals surface area contributed by atoms with Gasteiger partial charge in [0.25, 0.3) is 0 Å². The number of nitrogens with zero attached hydrogens (tertiary/aromatic N) is 2. The molecule has 5 aromatic rings. The van der Waals surface area contributed by atoms with Crippen molar-refractivity contribution in [3.63, 3.8) is 0 Å². The van der Waals surface area contributed by atoms with Crippen molar-refractivity contribution >= 4 is 12.4 Å². The molecular weight excluding hydrogens is 556 g/mol. The lowest BCUT2D eigenvalue weighted by atomic mass is 9.68. The fourth-order valence-corrected chi connectivity index (χ4v) is 7.13. The fourth-order valence-electron chi connectivity index (χ4n) is 7.13. The molecule has 1 aliphatic heterocycles. The second-order valence-electron chi connectivity index (χ2n) is 14.6. The predicted molar refractivity (Wildman–Crippen MR) is 193 cm³/mol. The van der Waals surface area contributed by atoms with Crippen molar-refractivity contribution in [3.8, 4) is 22.4 Å². The van der Waals surface area contributed by atoms with Gasteiger partial charge in [0.1, 0.15) is 17.2 Å². The van der Waals surface area contributed by atoms with Crippen LogP contribution in [0, 0.1) is 6.04 Å². The Morgan fingerprint density at radius 2 is 1.17 bits per heavy atom. The van der Waals surface area contributed by atoms with E-state index in [0.29, 0.717) is 0 Å². The van der Waals surface area contributed by atoms with Crippen molar-refractivity contribution in [2.45, 2.75) is 57.8 Å². The molecule has 0 saturated heterocycles. The number of hydrogen-bond acceptors (Lipinski definition) is 1. The summed E-state index contributed by atoms with van der Waals surface area (Å²) in [5.41, 5.74) is 12.2. The minimum atomic E-state index is -0.676. The smallest absolute Gasteiger partial charge is 0.130 e. The Kier molecular flexibility index (Phi) is 7.01. The zero-order chi connectivity index (χ0) is 32.3. The first-order valence-electron chi connectivity index (χ1n) is 16.2. The Morgan fingerprint density at radius 3 is 1.78 bits per heavy atom. The van der Waals surface area contributed by atoms with Gasteiger partial charge in [0.15, 0.2) is 0 Å². The molecule has 0 fully saturated rings. The summed E-state index contributed by atoms with van der Waals surface area (Å²) >= 11 is 0. The molecule has 0 N–H and O–H groups in total. The molecule has 0 bridgehead atoms. The standard InChI is InChI=1S/C44H42N2/c1-42(2,3)32-18-12-16-30(28-32)38-24-14-26-40(45-38)44(36-22-10-8-20-34(36)35-21-9-11-23-37(35)44)41-27-15-25-39(46(41)7)31-17-13-19-33(29-31)43(4,5)6/h8-29H,7H2,1-6H3. The average Bonchev–Trinajstić information content (AvgIpc) is 3.35. The van der Waals surface area contributed by atoms with E-state index in [4.69, 9.17) is 11.7 Å². The van der Waals surface area contributed by atoms with Crippen LogP contribution in [0.15, 0.2) is 133 Å². The van der Waals surface area contributed by atoms with Crippen LogP contribution < -0.4 is 0 Å². The highest BCUT2D eigenvalue weighted by Gasteiger charge is 2.53. The number of allylic oxidation sites excluding steroid dienone is 2. The number of fused-ring (bicyclic) bond motifs is 3. The maximum absolute atomic E-state index is 5.54. The van der Waals surface area contributed by atoms with E-state index in [9.17, 15) is 0 Å². The highest BCUT2D eigenvalue weighted by atomic mass is 15.1. The van der Waals surface area contributed by atoms with Gasteiger partial charge in [0.05, 0.1) is 18.1 Å². The van der Waals surface area contributed by atoms with Crippen molar-refractivity contribution in [1.29, 1.82) is 0 Å². The zero-order valence-corrected chi connectivity index (χ0v) is 27.8. The van der Waals surface area contributed by atoms with Crippen LogP contribution in [0.2, 0.25) is 0 Å². The molecule has 4 aromatic carbocycles. The molecule has 0 radical (unpaired) electrons. The molecule has 0 unspecified atom stereocenters. The highest BCUT2D eigenvalue weighted by Crippen LogP contribution is 2.58. The topological polar surface area (TPSA) is 15.9 Å². The Labute approximate surface area is 274 Å². The van der Waals surface area contributed by atoms with Crippen LogP contribution in [-0.4, -0.2) is 16.3 Å². The molecule has 2 heteroatoms. The summed E-state index contributed by atoms with van der Waals surface area (Å²) in [4.78, 5) is 5.54. The van der Waals surface area contributed by atoms with Crippen LogP contribution in [0.1, 0.15) is 75.1 Å². The van der Waals surface area contributed by atoms with Gasteiger partial charge < -0.3 is 0 Å². The zero-order valence-electron chi connectivity index (χ0n) is 27.8. The third-order valence-corrected chi connectivity index (χ3v) is 9.61. The SMILES string of the molecule is C=[N+]1C(c2cccc(C(C)(C)C)c2)=CC=C[C-]1C1(c2cccc(-c3cccc(C(C)(C)C)c3)n2)c2ccccc2-c2ccccc21. The first kappa shape index (κ1) is 29.7. The number of aromatic nitrogens is 1. The largest absolute Gasteiger partial charge is 0.290 e. The molecule has 1 aromatic heterocycles. The van der Waals surface area contributed by atoms with Crippen LogP contribution in [0.3, 0.4) is 0 Å². The molecule has 46 heavy (non-hydrogen) atoms. The summed E-state index contributed by atoms with van der Waals surface area (Å²) in [7, 11) is 0. The van der Waals surface area contributed by atoms with E-state index in [1.54, 1.807) is 0 Å². The van der Waals surface area contributed by atoms with E-state index in [1.807, 2.05) is 0 Å². The minimum Gasteiger partial charge on any atom is -0.290 e. The lowest BCUT2D eigenvalue weighted by Crippen LogP contribution is -2.40. The van der Waals surface area contributed by atoms with E-state index >= 15 is 0 Å². The normalized spacial score (nSPS) is 15.4. The molecule has 2 aliphatic rings. The van der Waals surface area contributed by atoms with E-state index < -0.39 is 5.41 Å². The maximum Gasteiger partial charge on any atom is 0.130 e. The average molecular weight is 599 g/mol. The van der Waals surface area contributed by atoms with Crippen molar-refractivity contribution < 1.29 is 4.58 Å². The van der Waals surface area contributed by atoms with Crippen LogP contribution in [0.5, 0.6) is 0 Å². The number of pyridine rings is 1. The highest BCUT2D eigenvalue weighted by molar-refractivity contribution is 5.86. The van der Waals surface area contributed by atoms with E-state index in [1.165, 1.54) is 33.4 Å². The van der Waals surface area contributed by atoms with Gasteiger partial charge in [-0.05, 0) is 62.4 Å². The number of hydrogen-bond donors (Lipinski definition) is 0. The first-order chi connectivity index (χ1) is 22.0. The second kappa shape index (κ2) is 10.8. The van der Waals surface area contributed by atoms with Crippen molar-refractivity contribution in [2.75, 3.05) is 0 Å². The molecular formula is C44H42N2. The summed E-state index contributed by atoms with van der Waals surface area (Å²) in [6, 6.07) is 42.9. The summed E-state index contributed by atoms with van der Waals surface area (Å²) in [5.74, 6) is 0. The second-order valence-corrected chi connectivity index (χ2v) is 14.6. The molecule has 1 aliphatic carbocycles. The van der Waals surface area contributed by atoms with Gasteiger partial charge in [0.2, 0.25) is 0 Å². The third kappa shape index (κ3) is 4.75. The Balaban J connectivity index is 1.45. The van der Waals surface area contributed by atoms with E-state index in [2.05, 4.69) is 180 Å². The van der Waals surface area contributed by atoms with Crippen LogP contribution >= 0.6 is 0 Å². The van der Waals surface area contributed by atoms with Gasteiger partial charge in [-0.3, -0.25) is 9.56 Å². The quantitative estimate of drug-likeness (QED) is 0.148. The lowest BCUT2D eigenvalue weighted by Gasteiger charge is -2.40. The van der Waals surface area contributed by atoms with Crippen LogP contribution in [0.4, 0.5) is 0 Å². The van der Waals surface area contributed by atoms with Gasteiger partial charge >= 0.3 is 0 Å². The van der Waals surface area contributed by atoms with Gasteiger partial charge in [-0.2, -0.15) is 0 Å². The summed E-state index contributed by atoms with van der Waals surface area (Å²) in [6.07, 6.45) is 6.59. The van der Waals surface area contributed by atoms with Gasteiger partial charge in [-0.1, -0.05) is 151 Å². The van der Waals surface area contributed by atoms with Crippen molar-refractivity contribution in [2.24, 2.45) is 0 Å². The maximum atomic E-state index is 5.54. The molecule has 2 heterocycles. The van der Waals surface area contributed by atoms with E-state index in [-0.39, 0.29) is 10.8 Å². The fraction of sp³-hybridized carbons (Fsp3) is 0.205. The number of benzene rings is 4. The van der Waals surface area contributed by atoms with E-state index in [0.717, 1.165) is 34.3 Å². The molecule has 0 amide bonds. The molecule has 228 valence electrons. The predicted octanol–water partition coefficient (Wildman–Crippen LogP) is 10.5. The third-order valence-electron chi connectivity index (χ3n) is 9.61. The molecule has 0 atom stereocenters. The lowest BCUT2D eigenvalue weighted by molar-refractivity contribution is -0.408. The van der Waals surface area contributed by atoms with Gasteiger partial charge in [0, 0.05) is 11.1 Å². The minimum absolute atomic E-state index is 0.0405. The first-order valence-corrected chi connectivity index (χ1v) is 16.2. The summed E-state index contributed by atoms with van der Waals surface area (Å²) < 4.78 is 2.15. The van der Waals surface area contributed by atoms with Crippen molar-refractivity contribution in [1.82, 2.24) is 4.98 Å². The Bertz CT molecular complexity index is 2000.